The minimum atomic E-state index is -1.40. The second-order valence-electron chi connectivity index (χ2n) is 15.0. The molecule has 6 heteroatoms. The van der Waals surface area contributed by atoms with E-state index in [4.69, 9.17) is 9.47 Å². The summed E-state index contributed by atoms with van der Waals surface area (Å²) in [4.78, 5) is 0. The summed E-state index contributed by atoms with van der Waals surface area (Å²) in [5, 5.41) is 40.3. The van der Waals surface area contributed by atoms with E-state index >= 15 is 0 Å². The topological polar surface area (TPSA) is 99.4 Å². The van der Waals surface area contributed by atoms with Gasteiger partial charge in [0.1, 0.15) is 24.4 Å². The molecular weight excluding hydrogens is 504 g/mol. The molecule has 4 N–H and O–H groups in total. The summed E-state index contributed by atoms with van der Waals surface area (Å²) in [6, 6.07) is 0. The van der Waals surface area contributed by atoms with E-state index in [1.54, 1.807) is 0 Å². The fraction of sp³-hybridized carbons (Fsp3) is 0.882. The van der Waals surface area contributed by atoms with Crippen molar-refractivity contribution in [2.75, 3.05) is 6.61 Å². The van der Waals surface area contributed by atoms with Crippen LogP contribution in [0.25, 0.3) is 0 Å². The van der Waals surface area contributed by atoms with E-state index in [0.29, 0.717) is 29.1 Å². The lowest BCUT2D eigenvalue weighted by molar-refractivity contribution is -0.313. The van der Waals surface area contributed by atoms with Gasteiger partial charge in [0.25, 0.3) is 0 Å². The Morgan fingerprint density at radius 1 is 0.950 bits per heavy atom. The van der Waals surface area contributed by atoms with Gasteiger partial charge in [-0.25, -0.2) is 0 Å². The highest BCUT2D eigenvalue weighted by molar-refractivity contribution is 5.25. The summed E-state index contributed by atoms with van der Waals surface area (Å²) in [5.74, 6) is 4.99. The first-order valence-corrected chi connectivity index (χ1v) is 16.2. The SMILES string of the molecule is CC(C)C(C)/C=C/C(C)C1CCC2C3CC=C4CC(OC5OC(CO)C(O)C(O)C5O)CCC4(C)C3CCC12C. The minimum absolute atomic E-state index is 0.108. The first-order chi connectivity index (χ1) is 18.9. The Balaban J connectivity index is 1.26. The normalized spacial score (nSPS) is 48.8. The number of hydrogen-bond donors (Lipinski definition) is 4. The molecule has 0 aromatic heterocycles. The quantitative estimate of drug-likeness (QED) is 0.318. The third-order valence-electron chi connectivity index (χ3n) is 12.7. The first-order valence-electron chi connectivity index (χ1n) is 16.2. The maximum atomic E-state index is 10.5. The number of ether oxygens (including phenoxy) is 2. The molecule has 5 rings (SSSR count). The first kappa shape index (κ1) is 30.7. The molecule has 0 aromatic carbocycles. The number of aliphatic hydroxyl groups is 4. The molecule has 1 heterocycles. The summed E-state index contributed by atoms with van der Waals surface area (Å²) >= 11 is 0. The summed E-state index contributed by atoms with van der Waals surface area (Å²) in [6.45, 7) is 14.1. The van der Waals surface area contributed by atoms with Crippen LogP contribution in [0.1, 0.15) is 92.9 Å². The average molecular weight is 561 g/mol. The third kappa shape index (κ3) is 5.28. The highest BCUT2D eigenvalue weighted by atomic mass is 16.7. The highest BCUT2D eigenvalue weighted by Crippen LogP contribution is 2.67. The molecule has 0 bridgehead atoms. The molecule has 0 radical (unpaired) electrons. The molecule has 3 saturated carbocycles. The van der Waals surface area contributed by atoms with Crippen molar-refractivity contribution < 1.29 is 29.9 Å². The predicted octanol–water partition coefficient (Wildman–Crippen LogP) is 5.23. The van der Waals surface area contributed by atoms with Gasteiger partial charge in [0.2, 0.25) is 0 Å². The molecule has 14 unspecified atom stereocenters. The average Bonchev–Trinajstić information content (AvgIpc) is 3.29. The molecule has 1 aliphatic heterocycles. The van der Waals surface area contributed by atoms with Crippen molar-refractivity contribution in [3.05, 3.63) is 23.8 Å². The van der Waals surface area contributed by atoms with E-state index in [9.17, 15) is 20.4 Å². The Labute approximate surface area is 242 Å². The van der Waals surface area contributed by atoms with Crippen molar-refractivity contribution in [2.24, 2.45) is 52.3 Å². The summed E-state index contributed by atoms with van der Waals surface area (Å²) in [5.41, 5.74) is 2.11. The van der Waals surface area contributed by atoms with Crippen LogP contribution < -0.4 is 0 Å². The van der Waals surface area contributed by atoms with Gasteiger partial charge in [-0.3, -0.25) is 0 Å². The molecule has 0 aromatic rings. The number of hydrogen-bond acceptors (Lipinski definition) is 6. The Hall–Kier alpha value is -0.760. The fourth-order valence-corrected chi connectivity index (χ4v) is 9.72. The molecule has 0 spiro atoms. The zero-order valence-corrected chi connectivity index (χ0v) is 25.7. The van der Waals surface area contributed by atoms with Crippen LogP contribution in [-0.4, -0.2) is 63.8 Å². The fourth-order valence-electron chi connectivity index (χ4n) is 9.72. The maximum Gasteiger partial charge on any atom is 0.186 e. The number of aliphatic hydroxyl groups excluding tert-OH is 4. The van der Waals surface area contributed by atoms with Gasteiger partial charge in [0.05, 0.1) is 12.7 Å². The highest BCUT2D eigenvalue weighted by Gasteiger charge is 2.59. The van der Waals surface area contributed by atoms with Crippen molar-refractivity contribution in [2.45, 2.75) is 130 Å². The molecule has 40 heavy (non-hydrogen) atoms. The van der Waals surface area contributed by atoms with Crippen LogP contribution in [0, 0.1) is 52.3 Å². The van der Waals surface area contributed by atoms with Crippen LogP contribution in [0.3, 0.4) is 0 Å². The van der Waals surface area contributed by atoms with Crippen molar-refractivity contribution in [3.63, 3.8) is 0 Å². The van der Waals surface area contributed by atoms with E-state index in [0.717, 1.165) is 43.4 Å². The third-order valence-corrected chi connectivity index (χ3v) is 12.7. The molecular formula is C34H56O6. The van der Waals surface area contributed by atoms with Crippen molar-refractivity contribution >= 4 is 0 Å². The zero-order chi connectivity index (χ0) is 29.0. The molecule has 1 saturated heterocycles. The Bertz CT molecular complexity index is 945. The minimum Gasteiger partial charge on any atom is -0.394 e. The van der Waals surface area contributed by atoms with E-state index in [2.05, 4.69) is 59.8 Å². The van der Waals surface area contributed by atoms with Crippen molar-refractivity contribution in [1.29, 1.82) is 0 Å². The van der Waals surface area contributed by atoms with Crippen LogP contribution in [0.2, 0.25) is 0 Å². The summed E-state index contributed by atoms with van der Waals surface area (Å²) in [7, 11) is 0. The Morgan fingerprint density at radius 3 is 2.40 bits per heavy atom. The lowest BCUT2D eigenvalue weighted by Crippen LogP contribution is -2.60. The summed E-state index contributed by atoms with van der Waals surface area (Å²) in [6.07, 6.45) is 10.6. The Morgan fingerprint density at radius 2 is 1.70 bits per heavy atom. The van der Waals surface area contributed by atoms with Crippen LogP contribution in [0.15, 0.2) is 23.8 Å². The largest absolute Gasteiger partial charge is 0.394 e. The van der Waals surface area contributed by atoms with E-state index < -0.39 is 37.3 Å². The van der Waals surface area contributed by atoms with Crippen LogP contribution in [0.4, 0.5) is 0 Å². The molecule has 5 aliphatic rings. The monoisotopic (exact) mass is 560 g/mol. The van der Waals surface area contributed by atoms with Gasteiger partial charge in [0, 0.05) is 0 Å². The summed E-state index contributed by atoms with van der Waals surface area (Å²) < 4.78 is 11.9. The van der Waals surface area contributed by atoms with Gasteiger partial charge in [-0.05, 0) is 104 Å². The molecule has 0 amide bonds. The molecule has 4 aliphatic carbocycles. The van der Waals surface area contributed by atoms with Crippen LogP contribution >= 0.6 is 0 Å². The van der Waals surface area contributed by atoms with E-state index in [1.165, 1.54) is 31.3 Å². The smallest absolute Gasteiger partial charge is 0.186 e. The van der Waals surface area contributed by atoms with Crippen molar-refractivity contribution in [3.8, 4) is 0 Å². The number of allylic oxidation sites excluding steroid dienone is 3. The number of fused-ring (bicyclic) bond motifs is 5. The van der Waals surface area contributed by atoms with E-state index in [1.807, 2.05) is 0 Å². The van der Waals surface area contributed by atoms with Crippen molar-refractivity contribution in [1.82, 2.24) is 0 Å². The lowest BCUT2D eigenvalue weighted by atomic mass is 9.47. The second-order valence-corrected chi connectivity index (χ2v) is 15.0. The van der Waals surface area contributed by atoms with Crippen LogP contribution in [-0.2, 0) is 9.47 Å². The zero-order valence-electron chi connectivity index (χ0n) is 25.7. The van der Waals surface area contributed by atoms with Crippen LogP contribution in [0.5, 0.6) is 0 Å². The van der Waals surface area contributed by atoms with Gasteiger partial charge < -0.3 is 29.9 Å². The predicted molar refractivity (Wildman–Crippen MR) is 156 cm³/mol. The standard InChI is InChI=1S/C34H56O6/c1-19(2)20(3)7-8-21(4)25-11-12-26-24-10-9-22-17-23(13-15-33(22,5)27(24)14-16-34(25,26)6)39-32-31(38)30(37)29(36)28(18-35)40-32/h7-9,19-21,23-32,35-38H,10-18H2,1-6H3/b8-7+. The van der Waals surface area contributed by atoms with Gasteiger partial charge in [-0.2, -0.15) is 0 Å². The molecule has 4 fully saturated rings. The van der Waals surface area contributed by atoms with Gasteiger partial charge in [-0.15, -0.1) is 0 Å². The van der Waals surface area contributed by atoms with Gasteiger partial charge in [0.15, 0.2) is 6.29 Å². The molecule has 14 atom stereocenters. The lowest BCUT2D eigenvalue weighted by Gasteiger charge is -2.58. The Kier molecular flexibility index (Phi) is 9.00. The van der Waals surface area contributed by atoms with Gasteiger partial charge in [-0.1, -0.05) is 65.3 Å². The molecule has 228 valence electrons. The maximum absolute atomic E-state index is 10.5. The molecule has 6 nitrogen and oxygen atoms in total. The van der Waals surface area contributed by atoms with Gasteiger partial charge >= 0.3 is 0 Å². The second kappa shape index (κ2) is 11.7. The van der Waals surface area contributed by atoms with E-state index in [-0.39, 0.29) is 11.5 Å². The number of rotatable bonds is 7.